The van der Waals surface area contributed by atoms with Crippen molar-refractivity contribution in [3.8, 4) is 0 Å². The van der Waals surface area contributed by atoms with Gasteiger partial charge in [-0.15, -0.1) is 0 Å². The Kier molecular flexibility index (Phi) is 18.2. The van der Waals surface area contributed by atoms with Crippen molar-refractivity contribution in [1.29, 1.82) is 0 Å². The lowest BCUT2D eigenvalue weighted by molar-refractivity contribution is -0.293. The van der Waals surface area contributed by atoms with Gasteiger partial charge in [-0.05, 0) is 19.1 Å². The van der Waals surface area contributed by atoms with Gasteiger partial charge in [-0.1, -0.05) is 84.0 Å². The molecule has 8 heteroatoms. The molecule has 0 aromatic carbocycles. The van der Waals surface area contributed by atoms with E-state index >= 15 is 0 Å². The largest absolute Gasteiger partial charge is 0.390 e. The molecule has 0 aromatic rings. The molecule has 1 rings (SSSR count). The molecule has 1 aliphatic heterocycles. The summed E-state index contributed by atoms with van der Waals surface area (Å²) < 4.78 is 11.1. The van der Waals surface area contributed by atoms with Gasteiger partial charge < -0.3 is 35.0 Å². The molecule has 0 radical (unpaired) electrons. The van der Waals surface area contributed by atoms with E-state index in [4.69, 9.17) is 9.47 Å². The first kappa shape index (κ1) is 31.1. The first-order chi connectivity index (χ1) is 15.9. The van der Waals surface area contributed by atoms with Crippen LogP contribution in [0.5, 0.6) is 0 Å². The molecule has 1 saturated heterocycles. The minimum atomic E-state index is -1.36. The van der Waals surface area contributed by atoms with Gasteiger partial charge >= 0.3 is 0 Å². The fourth-order valence-electron chi connectivity index (χ4n) is 4.24. The van der Waals surface area contributed by atoms with Crippen molar-refractivity contribution in [3.05, 3.63) is 0 Å². The first-order valence-electron chi connectivity index (χ1n) is 13.1. The fraction of sp³-hybridized carbons (Fsp3) is 1.00. The van der Waals surface area contributed by atoms with Gasteiger partial charge in [0, 0.05) is 5.75 Å². The molecule has 0 saturated carbocycles. The Morgan fingerprint density at radius 1 is 0.727 bits per heavy atom. The smallest absolute Gasteiger partial charge is 0.186 e. The Labute approximate surface area is 205 Å². The molecule has 0 bridgehead atoms. The standard InChI is InChI=1S/C25H50O7S/c1-3-4-5-6-7-8-9-10-11-12-13-14-15-19(26)20(27)16-17-31-25-24(30)23(29)22(28)21(32-25)18-33-2/h19-30H,3-18H2,1-2H3/t19-,20+,21?,22+,23?,24?,25+/m1/s1. The lowest BCUT2D eigenvalue weighted by Crippen LogP contribution is -2.59. The molecule has 7 nitrogen and oxygen atoms in total. The summed E-state index contributed by atoms with van der Waals surface area (Å²) >= 11 is 1.46. The molecule has 198 valence electrons. The van der Waals surface area contributed by atoms with E-state index in [1.54, 1.807) is 0 Å². The highest BCUT2D eigenvalue weighted by atomic mass is 32.2. The Morgan fingerprint density at radius 2 is 1.24 bits per heavy atom. The van der Waals surface area contributed by atoms with Crippen LogP contribution in [-0.2, 0) is 9.47 Å². The van der Waals surface area contributed by atoms with E-state index in [1.165, 1.54) is 76.0 Å². The topological polar surface area (TPSA) is 120 Å². The zero-order valence-corrected chi connectivity index (χ0v) is 21.6. The van der Waals surface area contributed by atoms with Gasteiger partial charge in [-0.25, -0.2) is 0 Å². The maximum atomic E-state index is 10.2. The molecule has 1 heterocycles. The molecule has 1 fully saturated rings. The van der Waals surface area contributed by atoms with Crippen molar-refractivity contribution in [1.82, 2.24) is 0 Å². The third kappa shape index (κ3) is 13.1. The van der Waals surface area contributed by atoms with Crippen LogP contribution in [0.1, 0.15) is 96.8 Å². The summed E-state index contributed by atoms with van der Waals surface area (Å²) in [6, 6.07) is 0. The van der Waals surface area contributed by atoms with Crippen LogP contribution in [0.2, 0.25) is 0 Å². The van der Waals surface area contributed by atoms with Crippen molar-refractivity contribution in [2.75, 3.05) is 18.6 Å². The van der Waals surface area contributed by atoms with Gasteiger partial charge in [0.1, 0.15) is 18.3 Å². The van der Waals surface area contributed by atoms with Gasteiger partial charge in [0.25, 0.3) is 0 Å². The zero-order chi connectivity index (χ0) is 24.5. The first-order valence-corrected chi connectivity index (χ1v) is 14.5. The normalized spacial score (nSPS) is 27.5. The molecule has 0 spiro atoms. The molecule has 0 amide bonds. The van der Waals surface area contributed by atoms with Gasteiger partial charge in [-0.3, -0.25) is 0 Å². The predicted octanol–water partition coefficient (Wildman–Crippen LogP) is 3.38. The third-order valence-electron chi connectivity index (χ3n) is 6.49. The van der Waals surface area contributed by atoms with E-state index in [0.29, 0.717) is 12.2 Å². The summed E-state index contributed by atoms with van der Waals surface area (Å²) in [7, 11) is 0. The molecule has 0 aliphatic carbocycles. The van der Waals surface area contributed by atoms with Crippen LogP contribution < -0.4 is 0 Å². The number of hydrogen-bond donors (Lipinski definition) is 5. The number of ether oxygens (including phenoxy) is 2. The van der Waals surface area contributed by atoms with Crippen molar-refractivity contribution in [3.63, 3.8) is 0 Å². The summed E-state index contributed by atoms with van der Waals surface area (Å²) in [5.41, 5.74) is 0. The van der Waals surface area contributed by atoms with Crippen molar-refractivity contribution in [2.24, 2.45) is 0 Å². The second-order valence-electron chi connectivity index (χ2n) is 9.44. The summed E-state index contributed by atoms with van der Waals surface area (Å²) in [5, 5.41) is 50.4. The maximum Gasteiger partial charge on any atom is 0.186 e. The van der Waals surface area contributed by atoms with Gasteiger partial charge in [0.15, 0.2) is 6.29 Å². The zero-order valence-electron chi connectivity index (χ0n) is 20.8. The van der Waals surface area contributed by atoms with Crippen LogP contribution in [0.4, 0.5) is 0 Å². The minimum absolute atomic E-state index is 0.0766. The lowest BCUT2D eigenvalue weighted by Gasteiger charge is -2.40. The SMILES string of the molecule is CCCCCCCCCCCCCC[C@@H](O)[C@@H](O)CCO[C@H]1OC(CSC)[C@H](O)C(O)C1O. The van der Waals surface area contributed by atoms with Crippen LogP contribution in [0.25, 0.3) is 0 Å². The van der Waals surface area contributed by atoms with Crippen LogP contribution in [-0.4, -0.2) is 87.1 Å². The number of aliphatic hydroxyl groups excluding tert-OH is 5. The van der Waals surface area contributed by atoms with E-state index in [-0.39, 0.29) is 13.0 Å². The highest BCUT2D eigenvalue weighted by Gasteiger charge is 2.44. The minimum Gasteiger partial charge on any atom is -0.390 e. The van der Waals surface area contributed by atoms with E-state index in [1.807, 2.05) is 6.26 Å². The molecule has 1 aliphatic rings. The molecular weight excluding hydrogens is 444 g/mol. The summed E-state index contributed by atoms with van der Waals surface area (Å²) in [5.74, 6) is 0.463. The van der Waals surface area contributed by atoms with Crippen molar-refractivity contribution < 1.29 is 35.0 Å². The van der Waals surface area contributed by atoms with Crippen LogP contribution in [0, 0.1) is 0 Å². The number of unbranched alkanes of at least 4 members (excludes halogenated alkanes) is 11. The fourth-order valence-corrected chi connectivity index (χ4v) is 4.84. The second-order valence-corrected chi connectivity index (χ2v) is 10.4. The van der Waals surface area contributed by atoms with E-state index in [2.05, 4.69) is 6.92 Å². The number of aliphatic hydroxyl groups is 5. The van der Waals surface area contributed by atoms with Gasteiger partial charge in [0.2, 0.25) is 0 Å². The second kappa shape index (κ2) is 19.3. The predicted molar refractivity (Wildman–Crippen MR) is 133 cm³/mol. The highest BCUT2D eigenvalue weighted by molar-refractivity contribution is 7.98. The van der Waals surface area contributed by atoms with Crippen LogP contribution in [0.3, 0.4) is 0 Å². The molecular formula is C25H50O7S. The summed E-state index contributed by atoms with van der Waals surface area (Å²) in [4.78, 5) is 0. The van der Waals surface area contributed by atoms with Gasteiger partial charge in [-0.2, -0.15) is 11.8 Å². The number of hydrogen-bond acceptors (Lipinski definition) is 8. The van der Waals surface area contributed by atoms with Crippen molar-refractivity contribution >= 4 is 11.8 Å². The molecule has 5 N–H and O–H groups in total. The Morgan fingerprint density at radius 3 is 1.79 bits per heavy atom. The third-order valence-corrected chi connectivity index (χ3v) is 7.15. The number of rotatable bonds is 20. The Balaban J connectivity index is 2.06. The monoisotopic (exact) mass is 494 g/mol. The van der Waals surface area contributed by atoms with E-state index in [0.717, 1.165) is 12.8 Å². The van der Waals surface area contributed by atoms with Crippen molar-refractivity contribution in [2.45, 2.75) is 140 Å². The number of thioether (sulfide) groups is 1. The lowest BCUT2D eigenvalue weighted by atomic mass is 10.00. The van der Waals surface area contributed by atoms with Gasteiger partial charge in [0.05, 0.1) is 24.9 Å². The van der Waals surface area contributed by atoms with Crippen LogP contribution in [0.15, 0.2) is 0 Å². The molecule has 33 heavy (non-hydrogen) atoms. The maximum absolute atomic E-state index is 10.2. The molecule has 0 aromatic heterocycles. The average Bonchev–Trinajstić information content (AvgIpc) is 2.81. The van der Waals surface area contributed by atoms with E-state index in [9.17, 15) is 25.5 Å². The summed E-state index contributed by atoms with van der Waals surface area (Å²) in [6.45, 7) is 2.32. The van der Waals surface area contributed by atoms with E-state index < -0.39 is 42.9 Å². The summed E-state index contributed by atoms with van der Waals surface area (Å²) in [6.07, 6.45) is 10.4. The Bertz CT molecular complexity index is 456. The molecule has 3 unspecified atom stereocenters. The highest BCUT2D eigenvalue weighted by Crippen LogP contribution is 2.24. The Hall–Kier alpha value is 0.0700. The quantitative estimate of drug-likeness (QED) is 0.163. The molecule has 7 atom stereocenters. The van der Waals surface area contributed by atoms with Crippen LogP contribution >= 0.6 is 11.8 Å². The average molecular weight is 495 g/mol.